The highest BCUT2D eigenvalue weighted by molar-refractivity contribution is 5.87. The van der Waals surface area contributed by atoms with Gasteiger partial charge in [-0.1, -0.05) is 0 Å². The third-order valence-electron chi connectivity index (χ3n) is 1.78. The number of aliphatic carboxylic acids is 1. The van der Waals surface area contributed by atoms with E-state index in [4.69, 9.17) is 10.8 Å². The van der Waals surface area contributed by atoms with Crippen molar-refractivity contribution in [1.82, 2.24) is 10.6 Å². The van der Waals surface area contributed by atoms with Crippen molar-refractivity contribution in [3.63, 3.8) is 0 Å². The summed E-state index contributed by atoms with van der Waals surface area (Å²) >= 11 is 0. The summed E-state index contributed by atoms with van der Waals surface area (Å²) in [6, 6.07) is -2.31. The number of alkyl halides is 2. The van der Waals surface area contributed by atoms with Crippen LogP contribution in [0.3, 0.4) is 0 Å². The molecule has 0 aliphatic carbocycles. The Morgan fingerprint density at radius 3 is 2.42 bits per heavy atom. The van der Waals surface area contributed by atoms with E-state index in [1.54, 1.807) is 0 Å². The summed E-state index contributed by atoms with van der Waals surface area (Å²) in [6.07, 6.45) is -3.15. The van der Waals surface area contributed by atoms with Gasteiger partial charge in [-0.05, 0) is 0 Å². The van der Waals surface area contributed by atoms with E-state index in [1.807, 2.05) is 5.32 Å². The Bertz CT molecular complexity index is 327. The molecular weight excluding hydrogens is 268 g/mol. The van der Waals surface area contributed by atoms with E-state index in [-0.39, 0.29) is 13.2 Å². The third kappa shape index (κ3) is 9.71. The number of primary amides is 1. The van der Waals surface area contributed by atoms with Gasteiger partial charge in [0.05, 0.1) is 13.0 Å². The van der Waals surface area contributed by atoms with Gasteiger partial charge in [0.2, 0.25) is 5.91 Å². The molecule has 19 heavy (non-hydrogen) atoms. The summed E-state index contributed by atoms with van der Waals surface area (Å²) in [5.74, 6) is -2.30. The number of amides is 3. The summed E-state index contributed by atoms with van der Waals surface area (Å²) in [7, 11) is 0. The number of carboxylic acids is 1. The number of hydrogen-bond acceptors (Lipinski definition) is 4. The van der Waals surface area contributed by atoms with Gasteiger partial charge in [0, 0.05) is 6.54 Å². The number of hydrogen-bond donors (Lipinski definition) is 4. The Morgan fingerprint density at radius 2 is 1.95 bits per heavy atom. The van der Waals surface area contributed by atoms with E-state index in [1.165, 1.54) is 0 Å². The normalized spacial score (nSPS) is 11.9. The number of carbonyl (C=O) groups is 3. The molecule has 0 heterocycles. The van der Waals surface area contributed by atoms with Gasteiger partial charge in [0.1, 0.15) is 12.6 Å². The van der Waals surface area contributed by atoms with Crippen molar-refractivity contribution in [3.8, 4) is 0 Å². The first-order chi connectivity index (χ1) is 8.82. The fourth-order valence-electron chi connectivity index (χ4n) is 1.02. The Kier molecular flexibility index (Phi) is 8.09. The number of carboxylic acid groups (broad SMARTS) is 1. The van der Waals surface area contributed by atoms with Crippen LogP contribution in [-0.4, -0.2) is 55.2 Å². The molecule has 0 aliphatic heterocycles. The number of rotatable bonds is 9. The molecule has 8 nitrogen and oxygen atoms in total. The van der Waals surface area contributed by atoms with Gasteiger partial charge < -0.3 is 26.2 Å². The van der Waals surface area contributed by atoms with Crippen LogP contribution in [0.4, 0.5) is 13.6 Å². The highest BCUT2D eigenvalue weighted by Gasteiger charge is 2.21. The van der Waals surface area contributed by atoms with Crippen molar-refractivity contribution in [2.75, 3.05) is 19.8 Å². The largest absolute Gasteiger partial charge is 0.480 e. The zero-order chi connectivity index (χ0) is 14.8. The predicted molar refractivity (Wildman–Crippen MR) is 58.6 cm³/mol. The number of urea groups is 1. The predicted octanol–water partition coefficient (Wildman–Crippen LogP) is -1.10. The molecule has 110 valence electrons. The van der Waals surface area contributed by atoms with Gasteiger partial charge in [0.15, 0.2) is 0 Å². The summed E-state index contributed by atoms with van der Waals surface area (Å²) in [4.78, 5) is 32.4. The summed E-state index contributed by atoms with van der Waals surface area (Å²) in [5, 5.41) is 12.9. The number of nitrogens with two attached hydrogens (primary N) is 1. The van der Waals surface area contributed by atoms with Gasteiger partial charge >= 0.3 is 12.0 Å². The SMILES string of the molecule is NC(=O)C[C@H](NC(=O)NCCOCC(F)F)C(=O)O. The van der Waals surface area contributed by atoms with Gasteiger partial charge in [-0.2, -0.15) is 0 Å². The van der Waals surface area contributed by atoms with Crippen molar-refractivity contribution in [1.29, 1.82) is 0 Å². The minimum absolute atomic E-state index is 0.0819. The number of carbonyl (C=O) groups excluding carboxylic acids is 2. The van der Waals surface area contributed by atoms with Crippen LogP contribution >= 0.6 is 0 Å². The Balaban J connectivity index is 3.87. The molecule has 0 saturated carbocycles. The molecule has 3 amide bonds. The molecule has 0 bridgehead atoms. The summed E-state index contributed by atoms with van der Waals surface area (Å²) in [6.45, 7) is -0.977. The first-order valence-electron chi connectivity index (χ1n) is 5.24. The van der Waals surface area contributed by atoms with Crippen LogP contribution < -0.4 is 16.4 Å². The van der Waals surface area contributed by atoms with Crippen LogP contribution in [0.5, 0.6) is 0 Å². The lowest BCUT2D eigenvalue weighted by molar-refractivity contribution is -0.140. The van der Waals surface area contributed by atoms with Crippen LogP contribution in [0.15, 0.2) is 0 Å². The second-order valence-electron chi connectivity index (χ2n) is 3.43. The minimum atomic E-state index is -2.60. The molecule has 0 fully saturated rings. The van der Waals surface area contributed by atoms with Crippen LogP contribution in [-0.2, 0) is 14.3 Å². The van der Waals surface area contributed by atoms with Gasteiger partial charge in [-0.15, -0.1) is 0 Å². The second kappa shape index (κ2) is 9.03. The van der Waals surface area contributed by atoms with Crippen LogP contribution in [0.25, 0.3) is 0 Å². The fourth-order valence-corrected chi connectivity index (χ4v) is 1.02. The lowest BCUT2D eigenvalue weighted by atomic mass is 10.2. The van der Waals surface area contributed by atoms with Gasteiger partial charge in [-0.25, -0.2) is 18.4 Å². The molecular formula is C9H15F2N3O5. The maximum atomic E-state index is 11.7. The standard InChI is InChI=1S/C9H15F2N3O5/c10-6(11)4-19-2-1-13-9(18)14-5(8(16)17)3-7(12)15/h5-6H,1-4H2,(H2,12,15)(H,16,17)(H2,13,14,18)/t5-/m0/s1. The lowest BCUT2D eigenvalue weighted by Gasteiger charge is -2.13. The quantitative estimate of drug-likeness (QED) is 0.399. The Morgan fingerprint density at radius 1 is 1.32 bits per heavy atom. The highest BCUT2D eigenvalue weighted by atomic mass is 19.3. The number of nitrogens with one attached hydrogen (secondary N) is 2. The molecule has 0 rings (SSSR count). The molecule has 0 aromatic rings. The highest BCUT2D eigenvalue weighted by Crippen LogP contribution is 1.92. The molecule has 0 radical (unpaired) electrons. The van der Waals surface area contributed by atoms with E-state index in [2.05, 4.69) is 10.1 Å². The maximum Gasteiger partial charge on any atom is 0.326 e. The summed E-state index contributed by atoms with van der Waals surface area (Å²) < 4.78 is 27.8. The number of ether oxygens (including phenoxy) is 1. The topological polar surface area (TPSA) is 131 Å². The molecule has 10 heteroatoms. The van der Waals surface area contributed by atoms with Gasteiger partial charge in [0.25, 0.3) is 6.43 Å². The molecule has 0 unspecified atom stereocenters. The van der Waals surface area contributed by atoms with E-state index in [0.717, 1.165) is 0 Å². The Hall–Kier alpha value is -1.97. The van der Waals surface area contributed by atoms with Crippen molar-refractivity contribution in [2.24, 2.45) is 5.73 Å². The summed E-state index contributed by atoms with van der Waals surface area (Å²) in [5.41, 5.74) is 4.81. The second-order valence-corrected chi connectivity index (χ2v) is 3.43. The van der Waals surface area contributed by atoms with Crippen molar-refractivity contribution in [3.05, 3.63) is 0 Å². The van der Waals surface area contributed by atoms with E-state index in [0.29, 0.717) is 0 Å². The number of halogens is 2. The Labute approximate surface area is 107 Å². The zero-order valence-corrected chi connectivity index (χ0v) is 9.90. The average Bonchev–Trinajstić information content (AvgIpc) is 2.26. The molecule has 0 saturated heterocycles. The first-order valence-corrected chi connectivity index (χ1v) is 5.24. The van der Waals surface area contributed by atoms with Crippen LogP contribution in [0, 0.1) is 0 Å². The van der Waals surface area contributed by atoms with Gasteiger partial charge in [-0.3, -0.25) is 4.79 Å². The van der Waals surface area contributed by atoms with Crippen molar-refractivity contribution < 1.29 is 33.0 Å². The minimum Gasteiger partial charge on any atom is -0.480 e. The van der Waals surface area contributed by atoms with Crippen LogP contribution in [0.1, 0.15) is 6.42 Å². The van der Waals surface area contributed by atoms with Crippen molar-refractivity contribution in [2.45, 2.75) is 18.9 Å². The van der Waals surface area contributed by atoms with E-state index in [9.17, 15) is 23.2 Å². The molecule has 5 N–H and O–H groups in total. The van der Waals surface area contributed by atoms with Crippen molar-refractivity contribution >= 4 is 17.9 Å². The first kappa shape index (κ1) is 17.0. The fraction of sp³-hybridized carbons (Fsp3) is 0.667. The average molecular weight is 283 g/mol. The van der Waals surface area contributed by atoms with E-state index >= 15 is 0 Å². The molecule has 0 spiro atoms. The molecule has 1 atom stereocenters. The van der Waals surface area contributed by atoms with E-state index < -0.39 is 43.4 Å². The molecule has 0 aromatic carbocycles. The maximum absolute atomic E-state index is 11.7. The zero-order valence-electron chi connectivity index (χ0n) is 9.90. The third-order valence-corrected chi connectivity index (χ3v) is 1.78. The molecule has 0 aromatic heterocycles. The monoisotopic (exact) mass is 283 g/mol. The smallest absolute Gasteiger partial charge is 0.326 e. The lowest BCUT2D eigenvalue weighted by Crippen LogP contribution is -2.48. The van der Waals surface area contributed by atoms with Crippen LogP contribution in [0.2, 0.25) is 0 Å². The molecule has 0 aliphatic rings.